The fourth-order valence-electron chi connectivity index (χ4n) is 1.81. The van der Waals surface area contributed by atoms with E-state index < -0.39 is 36.4 Å². The van der Waals surface area contributed by atoms with Gasteiger partial charge in [0, 0.05) is 6.04 Å². The van der Waals surface area contributed by atoms with E-state index >= 15 is 0 Å². The molecule has 0 radical (unpaired) electrons. The van der Waals surface area contributed by atoms with Crippen LogP contribution in [0.1, 0.15) is 38.5 Å². The monoisotopic (exact) mass is 320 g/mol. The van der Waals surface area contributed by atoms with E-state index in [2.05, 4.69) is 0 Å². The molecular weight excluding hydrogens is 296 g/mol. The molecule has 0 aliphatic rings. The fourth-order valence-corrected chi connectivity index (χ4v) is 1.81. The number of carboxylic acid groups (broad SMARTS) is 2. The maximum Gasteiger partial charge on any atom is 0.336 e. The zero-order valence-electron chi connectivity index (χ0n) is 12.4. The summed E-state index contributed by atoms with van der Waals surface area (Å²) in [7, 11) is 0. The van der Waals surface area contributed by atoms with Crippen LogP contribution in [0.2, 0.25) is 0 Å². The Kier molecular flexibility index (Phi) is 9.31. The first-order chi connectivity index (χ1) is 10.2. The molecule has 9 heteroatoms. The molecule has 0 aromatic heterocycles. The van der Waals surface area contributed by atoms with Crippen LogP contribution >= 0.6 is 0 Å². The Morgan fingerprint density at radius 3 is 2.18 bits per heavy atom. The molecule has 0 aromatic rings. The highest BCUT2D eigenvalue weighted by atomic mass is 16.5. The second-order valence-electron chi connectivity index (χ2n) is 5.14. The van der Waals surface area contributed by atoms with Crippen molar-refractivity contribution < 1.29 is 34.4 Å². The average Bonchev–Trinajstić information content (AvgIpc) is 2.40. The van der Waals surface area contributed by atoms with Crippen LogP contribution in [0, 0.1) is 0 Å². The molecule has 0 bridgehead atoms. The lowest BCUT2D eigenvalue weighted by Crippen LogP contribution is -2.43. The summed E-state index contributed by atoms with van der Waals surface area (Å²) in [5.74, 6) is -4.28. The summed E-state index contributed by atoms with van der Waals surface area (Å²) in [6.45, 7) is 0.581. The molecule has 7 N–H and O–H groups in total. The Morgan fingerprint density at radius 2 is 1.68 bits per heavy atom. The van der Waals surface area contributed by atoms with Gasteiger partial charge < -0.3 is 31.5 Å². The van der Waals surface area contributed by atoms with Gasteiger partial charge in [0.1, 0.15) is 0 Å². The van der Waals surface area contributed by atoms with E-state index in [4.69, 9.17) is 26.4 Å². The molecule has 0 heterocycles. The molecule has 22 heavy (non-hydrogen) atoms. The highest BCUT2D eigenvalue weighted by molar-refractivity contribution is 5.88. The molecule has 0 rings (SSSR count). The van der Waals surface area contributed by atoms with Gasteiger partial charge in [0.15, 0.2) is 5.60 Å². The van der Waals surface area contributed by atoms with Crippen LogP contribution < -0.4 is 11.5 Å². The maximum absolute atomic E-state index is 11.5. The summed E-state index contributed by atoms with van der Waals surface area (Å²) in [5, 5.41) is 27.0. The van der Waals surface area contributed by atoms with Crippen molar-refractivity contribution >= 4 is 17.9 Å². The van der Waals surface area contributed by atoms with Crippen molar-refractivity contribution in [1.29, 1.82) is 0 Å². The van der Waals surface area contributed by atoms with Gasteiger partial charge in [0.25, 0.3) is 0 Å². The minimum atomic E-state index is -2.67. The van der Waals surface area contributed by atoms with Crippen LogP contribution in [0.25, 0.3) is 0 Å². The highest BCUT2D eigenvalue weighted by Crippen LogP contribution is 2.17. The lowest BCUT2D eigenvalue weighted by atomic mass is 9.96. The number of carbonyl (C=O) groups excluding carboxylic acids is 1. The summed E-state index contributed by atoms with van der Waals surface area (Å²) in [5.41, 5.74) is 8.48. The highest BCUT2D eigenvalue weighted by Gasteiger charge is 2.41. The second-order valence-corrected chi connectivity index (χ2v) is 5.14. The van der Waals surface area contributed by atoms with Gasteiger partial charge in [-0.2, -0.15) is 0 Å². The van der Waals surface area contributed by atoms with E-state index in [-0.39, 0.29) is 12.6 Å². The molecule has 0 saturated carbocycles. The summed E-state index contributed by atoms with van der Waals surface area (Å²) in [6, 6.07) is -0.0507. The van der Waals surface area contributed by atoms with E-state index in [0.717, 1.165) is 12.8 Å². The molecule has 128 valence electrons. The predicted octanol–water partition coefficient (Wildman–Crippen LogP) is -0.943. The van der Waals surface area contributed by atoms with Crippen molar-refractivity contribution in [2.75, 3.05) is 13.2 Å². The van der Waals surface area contributed by atoms with Crippen molar-refractivity contribution in [2.24, 2.45) is 11.5 Å². The molecule has 0 spiro atoms. The molecule has 0 aliphatic heterocycles. The third-order valence-corrected chi connectivity index (χ3v) is 3.04. The lowest BCUT2D eigenvalue weighted by molar-refractivity contribution is -0.172. The van der Waals surface area contributed by atoms with E-state index in [1.165, 1.54) is 0 Å². The number of carbonyl (C=O) groups is 3. The first-order valence-electron chi connectivity index (χ1n) is 7.00. The quantitative estimate of drug-likeness (QED) is 0.224. The van der Waals surface area contributed by atoms with Gasteiger partial charge in [0.05, 0.1) is 19.4 Å². The number of aliphatic carboxylic acids is 2. The molecule has 0 aromatic carbocycles. The molecule has 2 unspecified atom stereocenters. The normalized spacial score (nSPS) is 14.9. The molecular formula is C13H24N2O7. The summed E-state index contributed by atoms with van der Waals surface area (Å²) in [4.78, 5) is 32.9. The summed E-state index contributed by atoms with van der Waals surface area (Å²) >= 11 is 0. The predicted molar refractivity (Wildman–Crippen MR) is 75.9 cm³/mol. The van der Waals surface area contributed by atoms with E-state index in [0.29, 0.717) is 19.4 Å². The minimum absolute atomic E-state index is 0.0257. The van der Waals surface area contributed by atoms with Gasteiger partial charge in [-0.05, 0) is 32.2 Å². The smallest absolute Gasteiger partial charge is 0.336 e. The number of hydrogen-bond donors (Lipinski definition) is 5. The maximum atomic E-state index is 11.5. The molecule has 0 fully saturated rings. The number of carboxylic acids is 2. The largest absolute Gasteiger partial charge is 0.481 e. The Hall–Kier alpha value is -1.71. The SMILES string of the molecule is NCCCC(N)CCCOC(=O)CC(O)(CC(=O)O)C(=O)O. The van der Waals surface area contributed by atoms with E-state index in [1.54, 1.807) is 0 Å². The Labute approximate surface area is 128 Å². The van der Waals surface area contributed by atoms with Crippen molar-refractivity contribution in [3.8, 4) is 0 Å². The van der Waals surface area contributed by atoms with E-state index in [9.17, 15) is 19.5 Å². The van der Waals surface area contributed by atoms with Crippen LogP contribution in [-0.4, -0.2) is 58.0 Å². The number of nitrogens with two attached hydrogens (primary N) is 2. The molecule has 0 amide bonds. The second kappa shape index (κ2) is 10.1. The summed E-state index contributed by atoms with van der Waals surface area (Å²) < 4.78 is 4.79. The molecule has 9 nitrogen and oxygen atoms in total. The van der Waals surface area contributed by atoms with Crippen molar-refractivity contribution in [3.63, 3.8) is 0 Å². The molecule has 0 aliphatic carbocycles. The number of esters is 1. The van der Waals surface area contributed by atoms with E-state index in [1.807, 2.05) is 0 Å². The number of aliphatic hydroxyl groups is 1. The average molecular weight is 320 g/mol. The molecule has 0 saturated heterocycles. The molecule has 2 atom stereocenters. The summed E-state index contributed by atoms with van der Waals surface area (Å²) in [6.07, 6.45) is 0.673. The van der Waals surface area contributed by atoms with Crippen molar-refractivity contribution in [2.45, 2.75) is 50.2 Å². The zero-order chi connectivity index (χ0) is 17.2. The minimum Gasteiger partial charge on any atom is -0.481 e. The zero-order valence-corrected chi connectivity index (χ0v) is 12.4. The van der Waals surface area contributed by atoms with Gasteiger partial charge in [-0.15, -0.1) is 0 Å². The van der Waals surface area contributed by atoms with Gasteiger partial charge in [-0.1, -0.05) is 0 Å². The topological polar surface area (TPSA) is 173 Å². The van der Waals surface area contributed by atoms with Gasteiger partial charge in [-0.25, -0.2) is 4.79 Å². The fraction of sp³-hybridized carbons (Fsp3) is 0.769. The van der Waals surface area contributed by atoms with Crippen LogP contribution in [-0.2, 0) is 19.1 Å². The van der Waals surface area contributed by atoms with Gasteiger partial charge in [0.2, 0.25) is 0 Å². The lowest BCUT2D eigenvalue weighted by Gasteiger charge is -2.20. The van der Waals surface area contributed by atoms with Gasteiger partial charge in [-0.3, -0.25) is 9.59 Å². The van der Waals surface area contributed by atoms with Crippen LogP contribution in [0.4, 0.5) is 0 Å². The third-order valence-electron chi connectivity index (χ3n) is 3.04. The van der Waals surface area contributed by atoms with Crippen LogP contribution in [0.3, 0.4) is 0 Å². The van der Waals surface area contributed by atoms with Crippen LogP contribution in [0.5, 0.6) is 0 Å². The number of hydrogen-bond acceptors (Lipinski definition) is 7. The number of ether oxygens (including phenoxy) is 1. The van der Waals surface area contributed by atoms with Crippen LogP contribution in [0.15, 0.2) is 0 Å². The third kappa shape index (κ3) is 8.55. The Morgan fingerprint density at radius 1 is 1.09 bits per heavy atom. The van der Waals surface area contributed by atoms with Gasteiger partial charge >= 0.3 is 17.9 Å². The first-order valence-corrected chi connectivity index (χ1v) is 7.00. The first kappa shape index (κ1) is 20.3. The Bertz CT molecular complexity index is 389. The van der Waals surface area contributed by atoms with Crippen molar-refractivity contribution in [3.05, 3.63) is 0 Å². The van der Waals surface area contributed by atoms with Crippen molar-refractivity contribution in [1.82, 2.24) is 0 Å². The Balaban J connectivity index is 4.11. The number of rotatable bonds is 12. The standard InChI is InChI=1S/C13H24N2O7/c14-5-1-3-9(15)4-2-6-22-11(18)8-13(21,12(19)20)7-10(16)17/h9,21H,1-8,14-15H2,(H,16,17)(H,19,20).